The molecule has 0 aromatic carbocycles. The molecule has 6 heteroatoms. The van der Waals surface area contributed by atoms with Crippen LogP contribution in [0.3, 0.4) is 0 Å². The predicted molar refractivity (Wildman–Crippen MR) is 58.4 cm³/mol. The smallest absolute Gasteiger partial charge is 0.284 e. The lowest BCUT2D eigenvalue weighted by Crippen LogP contribution is -2.29. The molecule has 1 aromatic heterocycles. The molecule has 0 spiro atoms. The van der Waals surface area contributed by atoms with Gasteiger partial charge in [0.1, 0.15) is 0 Å². The molecule has 4 nitrogen and oxygen atoms in total. The van der Waals surface area contributed by atoms with Crippen molar-refractivity contribution in [2.24, 2.45) is 0 Å². The van der Waals surface area contributed by atoms with E-state index in [1.54, 1.807) is 0 Å². The Bertz CT molecular complexity index is 329. The molecule has 1 aliphatic rings. The van der Waals surface area contributed by atoms with Gasteiger partial charge in [0, 0.05) is 5.92 Å². The number of nitrogens with one attached hydrogen (secondary N) is 1. The van der Waals surface area contributed by atoms with Crippen molar-refractivity contribution in [2.75, 3.05) is 20.1 Å². The van der Waals surface area contributed by atoms with Gasteiger partial charge in [-0.15, -0.1) is 17.5 Å². The molecule has 0 unspecified atom stereocenters. The molecule has 2 heterocycles. The Labute approximate surface area is 94.1 Å². The minimum absolute atomic E-state index is 0. The van der Waals surface area contributed by atoms with Gasteiger partial charge in [0.2, 0.25) is 5.89 Å². The standard InChI is InChI=1S/C8H13N3OS.ClH/c1-11-4-2-6(3-5-11)7-9-10-8(13)12-7;/h6H,2-5H2,1H3,(H,10,13);1H. The quantitative estimate of drug-likeness (QED) is 0.756. The minimum Gasteiger partial charge on any atom is -0.414 e. The second kappa shape index (κ2) is 4.91. The fourth-order valence-electron chi connectivity index (χ4n) is 1.67. The zero-order valence-electron chi connectivity index (χ0n) is 8.02. The third kappa shape index (κ3) is 2.56. The fraction of sp³-hybridized carbons (Fsp3) is 0.750. The molecule has 0 amide bonds. The van der Waals surface area contributed by atoms with E-state index in [0.717, 1.165) is 31.8 Å². The highest BCUT2D eigenvalue weighted by molar-refractivity contribution is 7.71. The van der Waals surface area contributed by atoms with Gasteiger partial charge in [0.15, 0.2) is 0 Å². The molecule has 1 N–H and O–H groups in total. The number of aromatic nitrogens is 2. The highest BCUT2D eigenvalue weighted by Crippen LogP contribution is 2.25. The normalized spacial score (nSPS) is 19.2. The number of rotatable bonds is 1. The van der Waals surface area contributed by atoms with Crippen molar-refractivity contribution >= 4 is 24.6 Å². The summed E-state index contributed by atoms with van der Waals surface area (Å²) >= 11 is 4.83. The first-order chi connectivity index (χ1) is 6.25. The number of nitrogens with zero attached hydrogens (tertiary/aromatic N) is 2. The minimum atomic E-state index is 0. The molecule has 0 aliphatic carbocycles. The molecule has 2 rings (SSSR count). The Kier molecular flexibility index (Phi) is 4.10. The third-order valence-electron chi connectivity index (χ3n) is 2.52. The van der Waals surface area contributed by atoms with Crippen molar-refractivity contribution in [2.45, 2.75) is 18.8 Å². The van der Waals surface area contributed by atoms with Gasteiger partial charge in [0.05, 0.1) is 0 Å². The van der Waals surface area contributed by atoms with Gasteiger partial charge in [-0.3, -0.25) is 0 Å². The summed E-state index contributed by atoms with van der Waals surface area (Å²) in [5, 5.41) is 6.71. The van der Waals surface area contributed by atoms with Crippen LogP contribution in [0.4, 0.5) is 0 Å². The number of hydrogen-bond donors (Lipinski definition) is 1. The molecule has 1 fully saturated rings. The molecule has 1 aromatic rings. The Balaban J connectivity index is 0.000000980. The van der Waals surface area contributed by atoms with Gasteiger partial charge in [-0.1, -0.05) is 0 Å². The highest BCUT2D eigenvalue weighted by Gasteiger charge is 2.21. The zero-order valence-corrected chi connectivity index (χ0v) is 9.66. The van der Waals surface area contributed by atoms with Crippen molar-refractivity contribution in [3.8, 4) is 0 Å². The second-order valence-corrected chi connectivity index (χ2v) is 3.90. The Morgan fingerprint density at radius 3 is 2.64 bits per heavy atom. The van der Waals surface area contributed by atoms with E-state index in [0.29, 0.717) is 10.8 Å². The van der Waals surface area contributed by atoms with E-state index < -0.39 is 0 Å². The zero-order chi connectivity index (χ0) is 9.26. The van der Waals surface area contributed by atoms with Crippen LogP contribution >= 0.6 is 24.6 Å². The summed E-state index contributed by atoms with van der Waals surface area (Å²) in [7, 11) is 2.14. The SMILES string of the molecule is CN1CCC(c2n[nH]c(=S)o2)CC1.Cl. The molecular weight excluding hydrogens is 222 g/mol. The van der Waals surface area contributed by atoms with Gasteiger partial charge < -0.3 is 9.32 Å². The summed E-state index contributed by atoms with van der Waals surface area (Å²) in [5.74, 6) is 1.22. The topological polar surface area (TPSA) is 45.1 Å². The van der Waals surface area contributed by atoms with E-state index in [-0.39, 0.29) is 12.4 Å². The van der Waals surface area contributed by atoms with Crippen LogP contribution < -0.4 is 0 Å². The summed E-state index contributed by atoms with van der Waals surface area (Å²) in [6, 6.07) is 0. The molecule has 14 heavy (non-hydrogen) atoms. The van der Waals surface area contributed by atoms with Crippen molar-refractivity contribution in [3.63, 3.8) is 0 Å². The maximum atomic E-state index is 5.29. The Morgan fingerprint density at radius 1 is 1.50 bits per heavy atom. The average molecular weight is 236 g/mol. The van der Waals surface area contributed by atoms with E-state index in [1.807, 2.05) is 0 Å². The molecule has 0 saturated carbocycles. The van der Waals surface area contributed by atoms with Crippen LogP contribution in [-0.4, -0.2) is 35.2 Å². The van der Waals surface area contributed by atoms with Crippen LogP contribution in [0, 0.1) is 4.84 Å². The Morgan fingerprint density at radius 2 is 2.14 bits per heavy atom. The number of piperidine rings is 1. The van der Waals surface area contributed by atoms with E-state index in [4.69, 9.17) is 16.6 Å². The summed E-state index contributed by atoms with van der Waals surface area (Å²) < 4.78 is 5.29. The first-order valence-electron chi connectivity index (χ1n) is 4.49. The van der Waals surface area contributed by atoms with E-state index >= 15 is 0 Å². The van der Waals surface area contributed by atoms with Crippen LogP contribution in [-0.2, 0) is 0 Å². The molecule has 1 saturated heterocycles. The van der Waals surface area contributed by atoms with Crippen LogP contribution in [0.15, 0.2) is 4.42 Å². The third-order valence-corrected chi connectivity index (χ3v) is 2.70. The lowest BCUT2D eigenvalue weighted by atomic mass is 9.97. The average Bonchev–Trinajstić information content (AvgIpc) is 2.53. The van der Waals surface area contributed by atoms with Crippen molar-refractivity contribution in [3.05, 3.63) is 10.7 Å². The van der Waals surface area contributed by atoms with Crippen LogP contribution in [0.25, 0.3) is 0 Å². The highest BCUT2D eigenvalue weighted by atomic mass is 35.5. The lowest BCUT2D eigenvalue weighted by molar-refractivity contribution is 0.236. The van der Waals surface area contributed by atoms with Crippen LogP contribution in [0.5, 0.6) is 0 Å². The van der Waals surface area contributed by atoms with E-state index in [9.17, 15) is 0 Å². The number of hydrogen-bond acceptors (Lipinski definition) is 4. The van der Waals surface area contributed by atoms with Crippen molar-refractivity contribution < 1.29 is 4.42 Å². The van der Waals surface area contributed by atoms with Gasteiger partial charge >= 0.3 is 0 Å². The molecular formula is C8H14ClN3OS. The largest absolute Gasteiger partial charge is 0.414 e. The van der Waals surface area contributed by atoms with Gasteiger partial charge in [-0.25, -0.2) is 5.10 Å². The fourth-order valence-corrected chi connectivity index (χ4v) is 1.80. The first-order valence-corrected chi connectivity index (χ1v) is 4.90. The van der Waals surface area contributed by atoms with Crippen LogP contribution in [0.1, 0.15) is 24.7 Å². The van der Waals surface area contributed by atoms with Crippen molar-refractivity contribution in [1.82, 2.24) is 15.1 Å². The molecule has 1 aliphatic heterocycles. The Hall–Kier alpha value is -0.390. The maximum absolute atomic E-state index is 5.29. The monoisotopic (exact) mass is 235 g/mol. The molecule has 0 atom stereocenters. The summed E-state index contributed by atoms with van der Waals surface area (Å²) in [6.07, 6.45) is 2.22. The van der Waals surface area contributed by atoms with Gasteiger partial charge in [-0.05, 0) is 45.2 Å². The van der Waals surface area contributed by atoms with Crippen molar-refractivity contribution in [1.29, 1.82) is 0 Å². The molecule has 80 valence electrons. The van der Waals surface area contributed by atoms with Gasteiger partial charge in [-0.2, -0.15) is 0 Å². The van der Waals surface area contributed by atoms with E-state index in [2.05, 4.69) is 22.1 Å². The summed E-state index contributed by atoms with van der Waals surface area (Å²) in [6.45, 7) is 2.22. The van der Waals surface area contributed by atoms with Crippen LogP contribution in [0.2, 0.25) is 0 Å². The van der Waals surface area contributed by atoms with E-state index in [1.165, 1.54) is 0 Å². The summed E-state index contributed by atoms with van der Waals surface area (Å²) in [5.41, 5.74) is 0. The number of likely N-dealkylation sites (tertiary alicyclic amines) is 1. The molecule has 0 radical (unpaired) electrons. The summed E-state index contributed by atoms with van der Waals surface area (Å²) in [4.78, 5) is 2.70. The number of aromatic amines is 1. The number of H-pyrrole nitrogens is 1. The lowest BCUT2D eigenvalue weighted by Gasteiger charge is -2.26. The second-order valence-electron chi connectivity index (χ2n) is 3.53. The van der Waals surface area contributed by atoms with Gasteiger partial charge in [0.25, 0.3) is 4.84 Å². The maximum Gasteiger partial charge on any atom is 0.284 e. The first kappa shape index (κ1) is 11.7. The predicted octanol–water partition coefficient (Wildman–Crippen LogP) is 1.96. The molecule has 0 bridgehead atoms. The number of halogens is 1.